The summed E-state index contributed by atoms with van der Waals surface area (Å²) in [6.07, 6.45) is 0.475. The Balaban J connectivity index is 4.04. The lowest BCUT2D eigenvalue weighted by Crippen LogP contribution is -2.22. The van der Waals surface area contributed by atoms with E-state index in [1.165, 1.54) is 0 Å². The fourth-order valence-corrected chi connectivity index (χ4v) is 0.442. The Morgan fingerprint density at radius 3 is 2.50 bits per heavy atom. The zero-order chi connectivity index (χ0) is 9.78. The van der Waals surface area contributed by atoms with E-state index < -0.39 is 12.1 Å². The molecule has 0 spiro atoms. The third-order valence-electron chi connectivity index (χ3n) is 1.31. The van der Waals surface area contributed by atoms with Gasteiger partial charge in [0.1, 0.15) is 18.3 Å². The fraction of sp³-hybridized carbons (Fsp3) is 0.500. The molecule has 0 aliphatic carbocycles. The van der Waals surface area contributed by atoms with Crippen LogP contribution in [-0.4, -0.2) is 12.8 Å². The van der Waals surface area contributed by atoms with Crippen LogP contribution in [0.25, 0.3) is 0 Å². The first-order valence-electron chi connectivity index (χ1n) is 3.21. The molecule has 0 aromatic carbocycles. The van der Waals surface area contributed by atoms with Gasteiger partial charge in [0.05, 0.1) is 0 Å². The van der Waals surface area contributed by atoms with Gasteiger partial charge in [-0.15, -0.1) is 6.42 Å². The van der Waals surface area contributed by atoms with Crippen LogP contribution < -0.4 is 0 Å². The number of ether oxygens (including phenoxy) is 1. The molecular weight excluding hydrogens is 169 g/mol. The topological polar surface area (TPSA) is 9.23 Å². The second-order valence-corrected chi connectivity index (χ2v) is 2.22. The number of hydrogen-bond acceptors (Lipinski definition) is 1. The van der Waals surface area contributed by atoms with Crippen molar-refractivity contribution in [3.63, 3.8) is 0 Å². The molecule has 4 heteroatoms. The lowest BCUT2D eigenvalue weighted by atomic mass is 10.1. The second kappa shape index (κ2) is 4.05. The molecular formula is C8H9F3O. The minimum Gasteiger partial charge on any atom is -0.485 e. The Morgan fingerprint density at radius 1 is 1.67 bits per heavy atom. The van der Waals surface area contributed by atoms with Gasteiger partial charge in [0.25, 0.3) is 0 Å². The van der Waals surface area contributed by atoms with Crippen molar-refractivity contribution in [2.24, 2.45) is 5.92 Å². The van der Waals surface area contributed by atoms with E-state index in [1.54, 1.807) is 0 Å². The summed E-state index contributed by atoms with van der Waals surface area (Å²) in [5.41, 5.74) is 0. The van der Waals surface area contributed by atoms with Crippen molar-refractivity contribution in [2.45, 2.75) is 13.1 Å². The molecule has 0 amide bonds. The van der Waals surface area contributed by atoms with Crippen molar-refractivity contribution in [3.8, 4) is 12.3 Å². The fourth-order valence-electron chi connectivity index (χ4n) is 0.442. The molecule has 68 valence electrons. The maximum absolute atomic E-state index is 11.9. The number of hydrogen-bond donors (Lipinski definition) is 0. The summed E-state index contributed by atoms with van der Waals surface area (Å²) in [6, 6.07) is 0. The van der Waals surface area contributed by atoms with Crippen LogP contribution in [0.4, 0.5) is 13.2 Å². The monoisotopic (exact) mass is 178 g/mol. The molecule has 0 radical (unpaired) electrons. The Bertz CT molecular complexity index is 199. The van der Waals surface area contributed by atoms with E-state index in [0.29, 0.717) is 0 Å². The van der Waals surface area contributed by atoms with Gasteiger partial charge in [0.15, 0.2) is 0 Å². The molecule has 0 aliphatic rings. The molecule has 0 saturated carbocycles. The van der Waals surface area contributed by atoms with E-state index in [4.69, 9.17) is 6.42 Å². The molecule has 0 rings (SSSR count). The van der Waals surface area contributed by atoms with Crippen molar-refractivity contribution in [1.82, 2.24) is 0 Å². The van der Waals surface area contributed by atoms with E-state index in [1.807, 2.05) is 0 Å². The van der Waals surface area contributed by atoms with Gasteiger partial charge in [0, 0.05) is 0 Å². The quantitative estimate of drug-likeness (QED) is 0.476. The SMILES string of the molecule is C#CCOC(=C)C(C)C(F)(F)F. The van der Waals surface area contributed by atoms with Crippen molar-refractivity contribution < 1.29 is 17.9 Å². The number of allylic oxidation sites excluding steroid dienone is 1. The summed E-state index contributed by atoms with van der Waals surface area (Å²) >= 11 is 0. The molecule has 0 heterocycles. The van der Waals surface area contributed by atoms with Crippen LogP contribution in [0, 0.1) is 18.3 Å². The van der Waals surface area contributed by atoms with Gasteiger partial charge >= 0.3 is 6.18 Å². The third-order valence-corrected chi connectivity index (χ3v) is 1.31. The van der Waals surface area contributed by atoms with Crippen molar-refractivity contribution >= 4 is 0 Å². The highest BCUT2D eigenvalue weighted by molar-refractivity contribution is 4.95. The lowest BCUT2D eigenvalue weighted by Gasteiger charge is -2.17. The van der Waals surface area contributed by atoms with Crippen molar-refractivity contribution in [3.05, 3.63) is 12.3 Å². The van der Waals surface area contributed by atoms with E-state index in [2.05, 4.69) is 17.2 Å². The third kappa shape index (κ3) is 3.33. The van der Waals surface area contributed by atoms with E-state index in [0.717, 1.165) is 6.92 Å². The Hall–Kier alpha value is -1.11. The van der Waals surface area contributed by atoms with E-state index in [-0.39, 0.29) is 12.4 Å². The van der Waals surface area contributed by atoms with Gasteiger partial charge in [-0.05, 0) is 6.92 Å². The van der Waals surface area contributed by atoms with Crippen molar-refractivity contribution in [2.75, 3.05) is 6.61 Å². The summed E-state index contributed by atoms with van der Waals surface area (Å²) in [6.45, 7) is 3.91. The standard InChI is InChI=1S/C8H9F3O/c1-4-5-12-7(3)6(2)8(9,10)11/h1,6H,3,5H2,2H3. The Labute approximate surface area is 69.2 Å². The number of rotatable bonds is 3. The molecule has 1 atom stereocenters. The van der Waals surface area contributed by atoms with Gasteiger partial charge < -0.3 is 4.74 Å². The normalized spacial score (nSPS) is 13.2. The minimum atomic E-state index is -4.31. The molecule has 0 aromatic heterocycles. The average Bonchev–Trinajstić information content (AvgIpc) is 1.97. The van der Waals surface area contributed by atoms with Crippen molar-refractivity contribution in [1.29, 1.82) is 0 Å². The summed E-state index contributed by atoms with van der Waals surface area (Å²) in [5.74, 6) is 0.0326. The van der Waals surface area contributed by atoms with Crippen LogP contribution >= 0.6 is 0 Å². The number of alkyl halides is 3. The van der Waals surface area contributed by atoms with Crippen LogP contribution in [0.3, 0.4) is 0 Å². The number of halogens is 3. The average molecular weight is 178 g/mol. The van der Waals surface area contributed by atoms with E-state index in [9.17, 15) is 13.2 Å². The first kappa shape index (κ1) is 10.9. The van der Waals surface area contributed by atoms with Crippen LogP contribution in [0.2, 0.25) is 0 Å². The largest absolute Gasteiger partial charge is 0.485 e. The summed E-state index contributed by atoms with van der Waals surface area (Å²) in [5, 5.41) is 0. The Morgan fingerprint density at radius 2 is 2.17 bits per heavy atom. The number of terminal acetylenes is 1. The molecule has 0 fully saturated rings. The van der Waals surface area contributed by atoms with Crippen LogP contribution in [-0.2, 0) is 4.74 Å². The van der Waals surface area contributed by atoms with Crippen LogP contribution in [0.15, 0.2) is 12.3 Å². The van der Waals surface area contributed by atoms with E-state index >= 15 is 0 Å². The highest BCUT2D eigenvalue weighted by atomic mass is 19.4. The smallest absolute Gasteiger partial charge is 0.398 e. The first-order chi connectivity index (χ1) is 5.39. The van der Waals surface area contributed by atoms with Crippen LogP contribution in [0.5, 0.6) is 0 Å². The van der Waals surface area contributed by atoms with Crippen LogP contribution in [0.1, 0.15) is 6.92 Å². The minimum absolute atomic E-state index is 0.181. The predicted molar refractivity (Wildman–Crippen MR) is 39.1 cm³/mol. The molecule has 0 saturated heterocycles. The lowest BCUT2D eigenvalue weighted by molar-refractivity contribution is -0.167. The molecule has 0 aliphatic heterocycles. The first-order valence-corrected chi connectivity index (χ1v) is 3.21. The van der Waals surface area contributed by atoms with Gasteiger partial charge in [-0.2, -0.15) is 13.2 Å². The zero-order valence-corrected chi connectivity index (χ0v) is 6.61. The molecule has 12 heavy (non-hydrogen) atoms. The maximum atomic E-state index is 11.9. The zero-order valence-electron chi connectivity index (χ0n) is 6.61. The maximum Gasteiger partial charge on any atom is 0.398 e. The summed E-state index contributed by atoms with van der Waals surface area (Å²) in [7, 11) is 0. The highest BCUT2D eigenvalue weighted by Crippen LogP contribution is 2.30. The molecule has 1 nitrogen and oxygen atoms in total. The van der Waals surface area contributed by atoms with Gasteiger partial charge in [-0.3, -0.25) is 0 Å². The van der Waals surface area contributed by atoms with Gasteiger partial charge in [-0.1, -0.05) is 12.5 Å². The Kier molecular flexibility index (Phi) is 3.68. The molecule has 0 N–H and O–H groups in total. The van der Waals surface area contributed by atoms with Gasteiger partial charge in [-0.25, -0.2) is 0 Å². The molecule has 0 bridgehead atoms. The highest BCUT2D eigenvalue weighted by Gasteiger charge is 2.38. The molecule has 1 unspecified atom stereocenters. The van der Waals surface area contributed by atoms with Gasteiger partial charge in [0.2, 0.25) is 0 Å². The second-order valence-electron chi connectivity index (χ2n) is 2.22. The predicted octanol–water partition coefficient (Wildman–Crippen LogP) is 2.35. The summed E-state index contributed by atoms with van der Waals surface area (Å²) < 4.78 is 40.3. The molecule has 0 aromatic rings. The summed E-state index contributed by atoms with van der Waals surface area (Å²) in [4.78, 5) is 0.